The first-order chi connectivity index (χ1) is 12.1. The van der Waals surface area contributed by atoms with Crippen LogP contribution in [-0.4, -0.2) is 59.4 Å². The normalized spacial score (nSPS) is 30.2. The number of imide groups is 1. The van der Waals surface area contributed by atoms with Crippen molar-refractivity contribution in [1.82, 2.24) is 14.7 Å². The van der Waals surface area contributed by atoms with Gasteiger partial charge in [0, 0.05) is 24.2 Å². The number of fused-ring (bicyclic) bond motifs is 1. The summed E-state index contributed by atoms with van der Waals surface area (Å²) in [5, 5.41) is 0.726. The highest BCUT2D eigenvalue weighted by Crippen LogP contribution is 2.38. The molecule has 0 saturated carbocycles. The molecule has 0 spiro atoms. The third kappa shape index (κ3) is 2.93. The van der Waals surface area contributed by atoms with Crippen molar-refractivity contribution in [3.63, 3.8) is 0 Å². The summed E-state index contributed by atoms with van der Waals surface area (Å²) in [6.07, 6.45) is 3.85. The number of piperidine rings is 1. The number of urea groups is 1. The third-order valence-electron chi connectivity index (χ3n) is 5.89. The summed E-state index contributed by atoms with van der Waals surface area (Å²) in [7, 11) is 2.11. The molecule has 0 N–H and O–H groups in total. The van der Waals surface area contributed by atoms with Crippen LogP contribution in [0.5, 0.6) is 0 Å². The van der Waals surface area contributed by atoms with Crippen LogP contribution >= 0.6 is 11.6 Å². The third-order valence-corrected chi connectivity index (χ3v) is 6.13. The van der Waals surface area contributed by atoms with Gasteiger partial charge in [-0.3, -0.25) is 14.6 Å². The molecule has 1 aromatic rings. The first kappa shape index (κ1) is 16.9. The Labute approximate surface area is 153 Å². The predicted molar refractivity (Wildman–Crippen MR) is 96.4 cm³/mol. The second kappa shape index (κ2) is 6.61. The van der Waals surface area contributed by atoms with Gasteiger partial charge in [-0.2, -0.15) is 0 Å². The van der Waals surface area contributed by atoms with E-state index < -0.39 is 0 Å². The summed E-state index contributed by atoms with van der Waals surface area (Å²) in [4.78, 5) is 30.9. The lowest BCUT2D eigenvalue weighted by Gasteiger charge is -2.40. The zero-order valence-electron chi connectivity index (χ0n) is 14.5. The minimum absolute atomic E-state index is 0.000528. The molecule has 0 aromatic heterocycles. The van der Waals surface area contributed by atoms with Crippen LogP contribution in [-0.2, 0) is 4.79 Å². The van der Waals surface area contributed by atoms with Crippen LogP contribution < -0.4 is 0 Å². The van der Waals surface area contributed by atoms with Crippen LogP contribution in [0.15, 0.2) is 24.3 Å². The van der Waals surface area contributed by atoms with Gasteiger partial charge in [0.05, 0.1) is 0 Å². The maximum absolute atomic E-state index is 12.7. The molecule has 0 aliphatic carbocycles. The molecule has 4 rings (SSSR count). The second-order valence-corrected chi connectivity index (χ2v) is 7.90. The maximum atomic E-state index is 12.7. The SMILES string of the molecule is CN1CCC[C@H](CN2C(=O)[C@@H]3CCCN3C2=O)[C@@H]1c1cccc(Cl)c1. The molecular formula is C19H24ClN3O2. The first-order valence-corrected chi connectivity index (χ1v) is 9.52. The summed E-state index contributed by atoms with van der Waals surface area (Å²) < 4.78 is 0. The van der Waals surface area contributed by atoms with Gasteiger partial charge in [0.1, 0.15) is 6.04 Å². The number of hydrogen-bond donors (Lipinski definition) is 0. The van der Waals surface area contributed by atoms with E-state index in [1.54, 1.807) is 4.90 Å². The number of rotatable bonds is 3. The van der Waals surface area contributed by atoms with E-state index in [1.165, 1.54) is 10.5 Å². The second-order valence-electron chi connectivity index (χ2n) is 7.47. The van der Waals surface area contributed by atoms with Crippen molar-refractivity contribution in [1.29, 1.82) is 0 Å². The molecule has 3 aliphatic heterocycles. The van der Waals surface area contributed by atoms with E-state index in [4.69, 9.17) is 11.6 Å². The van der Waals surface area contributed by atoms with Gasteiger partial charge in [0.25, 0.3) is 5.91 Å². The van der Waals surface area contributed by atoms with Gasteiger partial charge in [-0.15, -0.1) is 0 Å². The van der Waals surface area contributed by atoms with Gasteiger partial charge < -0.3 is 4.90 Å². The molecule has 25 heavy (non-hydrogen) atoms. The fourth-order valence-electron chi connectivity index (χ4n) is 4.75. The molecule has 3 amide bonds. The summed E-state index contributed by atoms with van der Waals surface area (Å²) >= 11 is 6.20. The predicted octanol–water partition coefficient (Wildman–Crippen LogP) is 3.15. The van der Waals surface area contributed by atoms with E-state index >= 15 is 0 Å². The van der Waals surface area contributed by atoms with E-state index in [2.05, 4.69) is 18.0 Å². The molecule has 3 atom stereocenters. The molecule has 3 aliphatic rings. The number of carbonyl (C=O) groups excluding carboxylic acids is 2. The Morgan fingerprint density at radius 2 is 1.96 bits per heavy atom. The minimum Gasteiger partial charge on any atom is -0.312 e. The van der Waals surface area contributed by atoms with E-state index in [0.29, 0.717) is 13.1 Å². The Kier molecular flexibility index (Phi) is 4.46. The highest BCUT2D eigenvalue weighted by Gasteiger charge is 2.48. The van der Waals surface area contributed by atoms with Crippen molar-refractivity contribution in [2.24, 2.45) is 5.92 Å². The number of halogens is 1. The first-order valence-electron chi connectivity index (χ1n) is 9.14. The molecular weight excluding hydrogens is 338 g/mol. The Hall–Kier alpha value is -1.59. The topological polar surface area (TPSA) is 43.9 Å². The average molecular weight is 362 g/mol. The zero-order valence-corrected chi connectivity index (χ0v) is 15.3. The smallest absolute Gasteiger partial charge is 0.312 e. The Morgan fingerprint density at radius 1 is 1.16 bits per heavy atom. The molecule has 6 heteroatoms. The molecule has 3 fully saturated rings. The number of benzene rings is 1. The maximum Gasteiger partial charge on any atom is 0.327 e. The highest BCUT2D eigenvalue weighted by molar-refractivity contribution is 6.30. The number of nitrogens with zero attached hydrogens (tertiary/aromatic N) is 3. The fourth-order valence-corrected chi connectivity index (χ4v) is 4.95. The summed E-state index contributed by atoms with van der Waals surface area (Å²) in [5.41, 5.74) is 1.17. The monoisotopic (exact) mass is 361 g/mol. The van der Waals surface area contributed by atoms with Crippen molar-refractivity contribution in [2.75, 3.05) is 26.7 Å². The minimum atomic E-state index is -0.210. The van der Waals surface area contributed by atoms with Gasteiger partial charge in [-0.05, 0) is 62.9 Å². The van der Waals surface area contributed by atoms with E-state index in [1.807, 2.05) is 18.2 Å². The van der Waals surface area contributed by atoms with Crippen LogP contribution in [0.3, 0.4) is 0 Å². The van der Waals surface area contributed by atoms with Crippen molar-refractivity contribution < 1.29 is 9.59 Å². The largest absolute Gasteiger partial charge is 0.327 e. The van der Waals surface area contributed by atoms with E-state index in [9.17, 15) is 9.59 Å². The fraction of sp³-hybridized carbons (Fsp3) is 0.579. The molecule has 0 unspecified atom stereocenters. The van der Waals surface area contributed by atoms with Crippen molar-refractivity contribution in [2.45, 2.75) is 37.8 Å². The van der Waals surface area contributed by atoms with Crippen molar-refractivity contribution >= 4 is 23.5 Å². The van der Waals surface area contributed by atoms with Gasteiger partial charge in [0.15, 0.2) is 0 Å². The van der Waals surface area contributed by atoms with Gasteiger partial charge in [-0.1, -0.05) is 23.7 Å². The zero-order chi connectivity index (χ0) is 17.6. The quantitative estimate of drug-likeness (QED) is 0.777. The number of hydrogen-bond acceptors (Lipinski definition) is 3. The standard InChI is InChI=1S/C19H24ClN3O2/c1-21-9-3-6-14(17(21)13-5-2-7-15(20)11-13)12-23-18(24)16-8-4-10-22(16)19(23)25/h2,5,7,11,14,16-17H,3-4,6,8-10,12H2,1H3/t14-,16+,17+/m1/s1. The molecule has 0 bridgehead atoms. The molecule has 1 aromatic carbocycles. The van der Waals surface area contributed by atoms with Gasteiger partial charge in [-0.25, -0.2) is 4.79 Å². The van der Waals surface area contributed by atoms with Crippen LogP contribution in [0.1, 0.15) is 37.3 Å². The molecule has 3 heterocycles. The van der Waals surface area contributed by atoms with Crippen molar-refractivity contribution in [3.8, 4) is 0 Å². The molecule has 0 radical (unpaired) electrons. The number of carbonyl (C=O) groups is 2. The van der Waals surface area contributed by atoms with Crippen LogP contribution in [0.2, 0.25) is 5.02 Å². The number of amides is 3. The molecule has 3 saturated heterocycles. The van der Waals surface area contributed by atoms with E-state index in [-0.39, 0.29) is 29.9 Å². The van der Waals surface area contributed by atoms with Gasteiger partial charge >= 0.3 is 6.03 Å². The average Bonchev–Trinajstić information content (AvgIpc) is 3.15. The molecule has 5 nitrogen and oxygen atoms in total. The highest BCUT2D eigenvalue weighted by atomic mass is 35.5. The Balaban J connectivity index is 1.57. The van der Waals surface area contributed by atoms with Crippen LogP contribution in [0.25, 0.3) is 0 Å². The van der Waals surface area contributed by atoms with Crippen LogP contribution in [0.4, 0.5) is 4.79 Å². The Bertz CT molecular complexity index is 673. The van der Waals surface area contributed by atoms with Crippen LogP contribution in [0, 0.1) is 5.92 Å². The van der Waals surface area contributed by atoms with E-state index in [0.717, 1.165) is 37.3 Å². The molecule has 134 valence electrons. The van der Waals surface area contributed by atoms with Crippen molar-refractivity contribution in [3.05, 3.63) is 34.9 Å². The summed E-state index contributed by atoms with van der Waals surface area (Å²) in [6, 6.07) is 7.83. The van der Waals surface area contributed by atoms with Gasteiger partial charge in [0.2, 0.25) is 0 Å². The number of likely N-dealkylation sites (tertiary alicyclic amines) is 1. The summed E-state index contributed by atoms with van der Waals surface area (Å²) in [6.45, 7) is 2.24. The lowest BCUT2D eigenvalue weighted by atomic mass is 9.84. The lowest BCUT2D eigenvalue weighted by molar-refractivity contribution is -0.128. The Morgan fingerprint density at radius 3 is 2.72 bits per heavy atom. The lowest BCUT2D eigenvalue weighted by Crippen LogP contribution is -2.44. The summed E-state index contributed by atoms with van der Waals surface area (Å²) in [5.74, 6) is 0.241.